The van der Waals surface area contributed by atoms with Crippen molar-refractivity contribution in [3.05, 3.63) is 66.0 Å². The Balaban J connectivity index is 1.59. The van der Waals surface area contributed by atoms with Gasteiger partial charge in [0.25, 0.3) is 0 Å². The number of aromatic nitrogens is 1. The van der Waals surface area contributed by atoms with Gasteiger partial charge in [-0.2, -0.15) is 0 Å². The molecule has 3 atom stereocenters. The fourth-order valence-electron chi connectivity index (χ4n) is 6.00. The third-order valence-corrected chi connectivity index (χ3v) is 8.38. The van der Waals surface area contributed by atoms with E-state index in [4.69, 9.17) is 0 Å². The molecule has 1 saturated heterocycles. The number of pyridine rings is 1. The molecule has 4 heteroatoms. The molecule has 0 spiro atoms. The largest absolute Gasteiger partial charge is 0.338 e. The van der Waals surface area contributed by atoms with Crippen LogP contribution in [0.3, 0.4) is 0 Å². The Hall–Kier alpha value is -2.20. The zero-order valence-corrected chi connectivity index (χ0v) is 20.5. The van der Waals surface area contributed by atoms with Crippen molar-refractivity contribution in [2.45, 2.75) is 76.8 Å². The van der Waals surface area contributed by atoms with Crippen molar-refractivity contribution in [1.29, 1.82) is 0 Å². The van der Waals surface area contributed by atoms with Crippen molar-refractivity contribution in [2.24, 2.45) is 17.8 Å². The normalized spacial score (nSPS) is 27.6. The van der Waals surface area contributed by atoms with Gasteiger partial charge in [-0.3, -0.25) is 9.78 Å². The van der Waals surface area contributed by atoms with Crippen LogP contribution in [0.1, 0.15) is 75.8 Å². The lowest BCUT2D eigenvalue weighted by Crippen LogP contribution is -2.41. The van der Waals surface area contributed by atoms with E-state index in [1.54, 1.807) is 6.20 Å². The molecule has 1 aliphatic carbocycles. The molecule has 1 amide bonds. The monoisotopic (exact) mass is 447 g/mol. The second kappa shape index (κ2) is 11.3. The maximum absolute atomic E-state index is 13.8. The molecule has 33 heavy (non-hydrogen) atoms. The Morgan fingerprint density at radius 3 is 2.48 bits per heavy atom. The summed E-state index contributed by atoms with van der Waals surface area (Å²) in [6.45, 7) is 3.65. The number of nitrogens with one attached hydrogen (secondary N) is 1. The first-order valence-electron chi connectivity index (χ1n) is 13.0. The van der Waals surface area contributed by atoms with Crippen LogP contribution in [0.25, 0.3) is 0 Å². The molecule has 1 aliphatic heterocycles. The molecule has 2 aliphatic rings. The Kier molecular flexibility index (Phi) is 8.19. The van der Waals surface area contributed by atoms with Crippen LogP contribution in [-0.4, -0.2) is 29.4 Å². The van der Waals surface area contributed by atoms with Gasteiger partial charge in [0.2, 0.25) is 5.91 Å². The van der Waals surface area contributed by atoms with E-state index in [0.29, 0.717) is 18.4 Å². The average Bonchev–Trinajstić information content (AvgIpc) is 2.85. The SMILES string of the molecule is CN[C@]1(c2ccccc2)CCCC(CC2CCC2)C(C)C(=O)N(Cc2cccnc2)CCC1. The van der Waals surface area contributed by atoms with Gasteiger partial charge in [0.15, 0.2) is 0 Å². The van der Waals surface area contributed by atoms with Crippen molar-refractivity contribution in [3.63, 3.8) is 0 Å². The van der Waals surface area contributed by atoms with Crippen molar-refractivity contribution in [1.82, 2.24) is 15.2 Å². The van der Waals surface area contributed by atoms with E-state index < -0.39 is 0 Å². The molecule has 178 valence electrons. The molecule has 1 aromatic carbocycles. The number of benzene rings is 1. The smallest absolute Gasteiger partial charge is 0.225 e. The van der Waals surface area contributed by atoms with Crippen LogP contribution < -0.4 is 5.32 Å². The first-order valence-corrected chi connectivity index (χ1v) is 13.0. The van der Waals surface area contributed by atoms with Crippen molar-refractivity contribution < 1.29 is 4.79 Å². The number of rotatable bonds is 6. The molecule has 1 saturated carbocycles. The molecular formula is C29H41N3O. The van der Waals surface area contributed by atoms with E-state index in [-0.39, 0.29) is 11.5 Å². The Morgan fingerprint density at radius 1 is 1.03 bits per heavy atom. The number of hydrogen-bond donors (Lipinski definition) is 1. The third-order valence-electron chi connectivity index (χ3n) is 8.38. The topological polar surface area (TPSA) is 45.2 Å². The van der Waals surface area contributed by atoms with Crippen LogP contribution in [0.2, 0.25) is 0 Å². The highest BCUT2D eigenvalue weighted by Crippen LogP contribution is 2.39. The van der Waals surface area contributed by atoms with Crippen molar-refractivity contribution in [3.8, 4) is 0 Å². The highest BCUT2D eigenvalue weighted by Gasteiger charge is 2.35. The van der Waals surface area contributed by atoms with Crippen LogP contribution in [0.5, 0.6) is 0 Å². The minimum Gasteiger partial charge on any atom is -0.338 e. The highest BCUT2D eigenvalue weighted by atomic mass is 16.2. The first-order chi connectivity index (χ1) is 16.1. The van der Waals surface area contributed by atoms with Crippen molar-refractivity contribution in [2.75, 3.05) is 13.6 Å². The van der Waals surface area contributed by atoms with Gasteiger partial charge in [-0.1, -0.05) is 69.0 Å². The van der Waals surface area contributed by atoms with E-state index in [0.717, 1.165) is 50.1 Å². The van der Waals surface area contributed by atoms with Gasteiger partial charge in [-0.05, 0) is 68.2 Å². The quantitative estimate of drug-likeness (QED) is 0.597. The zero-order valence-electron chi connectivity index (χ0n) is 20.5. The molecule has 2 heterocycles. The summed E-state index contributed by atoms with van der Waals surface area (Å²) < 4.78 is 0. The predicted molar refractivity (Wildman–Crippen MR) is 135 cm³/mol. The van der Waals surface area contributed by atoms with Gasteiger partial charge in [0.05, 0.1) is 0 Å². The predicted octanol–water partition coefficient (Wildman–Crippen LogP) is 5.93. The third kappa shape index (κ3) is 5.84. The van der Waals surface area contributed by atoms with Crippen LogP contribution in [0.4, 0.5) is 0 Å². The summed E-state index contributed by atoms with van der Waals surface area (Å²) in [6.07, 6.45) is 14.4. The van der Waals surface area contributed by atoms with Gasteiger partial charge in [-0.25, -0.2) is 0 Å². The minimum absolute atomic E-state index is 0.0289. The molecule has 0 bridgehead atoms. The van der Waals surface area contributed by atoms with Gasteiger partial charge >= 0.3 is 0 Å². The summed E-state index contributed by atoms with van der Waals surface area (Å²) in [5.74, 6) is 1.72. The standard InChI is InChI=1S/C29H41N3O/c1-23-26(20-24-10-6-11-24)13-7-16-29(30-2,27-14-4-3-5-15-27)17-9-19-32(28(23)33)22-25-12-8-18-31-21-25/h3-5,8,12,14-15,18,21,23-24,26,30H,6-7,9-11,13,16-17,19-20,22H2,1-2H3/t23?,26?,29-/m1/s1. The number of nitrogens with zero attached hydrogens (tertiary/aromatic N) is 2. The van der Waals surface area contributed by atoms with E-state index in [2.05, 4.69) is 65.6 Å². The maximum atomic E-state index is 13.8. The Morgan fingerprint density at radius 2 is 1.82 bits per heavy atom. The lowest BCUT2D eigenvalue weighted by Gasteiger charge is -2.36. The molecule has 4 nitrogen and oxygen atoms in total. The van der Waals surface area contributed by atoms with Crippen molar-refractivity contribution >= 4 is 5.91 Å². The van der Waals surface area contributed by atoms with Gasteiger partial charge < -0.3 is 10.2 Å². The molecular weight excluding hydrogens is 406 g/mol. The van der Waals surface area contributed by atoms with Gasteiger partial charge in [-0.15, -0.1) is 0 Å². The van der Waals surface area contributed by atoms with Crippen LogP contribution in [0.15, 0.2) is 54.9 Å². The number of carbonyl (C=O) groups excluding carboxylic acids is 1. The second-order valence-corrected chi connectivity index (χ2v) is 10.4. The summed E-state index contributed by atoms with van der Waals surface area (Å²) in [7, 11) is 2.11. The Labute approximate surface area is 200 Å². The van der Waals surface area contributed by atoms with Gasteiger partial charge in [0, 0.05) is 36.9 Å². The second-order valence-electron chi connectivity index (χ2n) is 10.4. The number of carbonyl (C=O) groups is 1. The molecule has 1 N–H and O–H groups in total. The van der Waals surface area contributed by atoms with Crippen LogP contribution >= 0.6 is 0 Å². The summed E-state index contributed by atoms with van der Waals surface area (Å²) >= 11 is 0. The molecule has 2 aromatic rings. The molecule has 2 fully saturated rings. The molecule has 2 unspecified atom stereocenters. The Bertz CT molecular complexity index is 867. The minimum atomic E-state index is -0.0289. The van der Waals surface area contributed by atoms with E-state index in [1.165, 1.54) is 31.2 Å². The summed E-state index contributed by atoms with van der Waals surface area (Å²) in [4.78, 5) is 20.2. The van der Waals surface area contributed by atoms with Crippen LogP contribution in [-0.2, 0) is 16.9 Å². The fourth-order valence-corrected chi connectivity index (χ4v) is 6.00. The molecule has 1 aromatic heterocycles. The van der Waals surface area contributed by atoms with E-state index in [1.807, 2.05) is 12.3 Å². The molecule has 0 radical (unpaired) electrons. The lowest BCUT2D eigenvalue weighted by molar-refractivity contribution is -0.138. The first kappa shape index (κ1) is 23.9. The lowest BCUT2D eigenvalue weighted by atomic mass is 9.73. The summed E-state index contributed by atoms with van der Waals surface area (Å²) in [5, 5.41) is 3.72. The summed E-state index contributed by atoms with van der Waals surface area (Å²) in [6, 6.07) is 15.0. The zero-order chi connectivity index (χ0) is 23.1. The van der Waals surface area contributed by atoms with E-state index >= 15 is 0 Å². The van der Waals surface area contributed by atoms with Gasteiger partial charge in [0.1, 0.15) is 0 Å². The highest BCUT2D eigenvalue weighted by molar-refractivity contribution is 5.78. The maximum Gasteiger partial charge on any atom is 0.225 e. The average molecular weight is 448 g/mol. The van der Waals surface area contributed by atoms with E-state index in [9.17, 15) is 4.79 Å². The summed E-state index contributed by atoms with van der Waals surface area (Å²) in [5.41, 5.74) is 2.46. The van der Waals surface area contributed by atoms with Crippen LogP contribution in [0, 0.1) is 17.8 Å². The number of hydrogen-bond acceptors (Lipinski definition) is 3. The molecule has 4 rings (SSSR count). The number of amides is 1. The fraction of sp³-hybridized carbons (Fsp3) is 0.586.